The van der Waals surface area contributed by atoms with Gasteiger partial charge in [-0.2, -0.15) is 0 Å². The molecule has 0 rings (SSSR count). The molecule has 0 aromatic carbocycles. The van der Waals surface area contributed by atoms with Gasteiger partial charge in [-0.05, 0) is 12.8 Å². The number of aliphatic hydroxyl groups is 2. The van der Waals surface area contributed by atoms with Gasteiger partial charge < -0.3 is 10.2 Å². The molecule has 0 fully saturated rings. The zero-order valence-corrected chi connectivity index (χ0v) is 6.33. The summed E-state index contributed by atoms with van der Waals surface area (Å²) < 4.78 is 0. The minimum atomic E-state index is -0.597. The highest BCUT2D eigenvalue weighted by molar-refractivity contribution is 4.67. The highest BCUT2D eigenvalue weighted by atomic mass is 16.3. The van der Waals surface area contributed by atoms with Crippen LogP contribution in [0.25, 0.3) is 0 Å². The lowest BCUT2D eigenvalue weighted by Crippen LogP contribution is -2.29. The van der Waals surface area contributed by atoms with E-state index in [4.69, 9.17) is 10.2 Å². The topological polar surface area (TPSA) is 40.5 Å². The number of rotatable bonds is 3. The minimum absolute atomic E-state index is 0.199. The highest BCUT2D eigenvalue weighted by Crippen LogP contribution is 2.09. The average Bonchev–Trinajstić information content (AvgIpc) is 1.84. The molecule has 2 nitrogen and oxygen atoms in total. The first-order valence-electron chi connectivity index (χ1n) is 3.45. The molecule has 0 aromatic heterocycles. The molecule has 0 radical (unpaired) electrons. The van der Waals surface area contributed by atoms with Gasteiger partial charge in [0.1, 0.15) is 0 Å². The van der Waals surface area contributed by atoms with Crippen molar-refractivity contribution in [3.8, 4) is 0 Å². The van der Waals surface area contributed by atoms with Crippen LogP contribution in [0.4, 0.5) is 0 Å². The molecule has 0 aromatic rings. The van der Waals surface area contributed by atoms with Gasteiger partial charge in [0.15, 0.2) is 0 Å². The van der Waals surface area contributed by atoms with E-state index in [1.165, 1.54) is 0 Å². The summed E-state index contributed by atoms with van der Waals surface area (Å²) in [6.07, 6.45) is -0.249. The molecule has 3 atom stereocenters. The van der Waals surface area contributed by atoms with Gasteiger partial charge in [0.05, 0.1) is 12.2 Å². The maximum Gasteiger partial charge on any atom is 0.0821 e. The van der Waals surface area contributed by atoms with Crippen LogP contribution in [-0.4, -0.2) is 22.4 Å². The average molecular weight is 132 g/mol. The van der Waals surface area contributed by atoms with Crippen molar-refractivity contribution in [2.75, 3.05) is 0 Å². The Kier molecular flexibility index (Phi) is 3.82. The van der Waals surface area contributed by atoms with Crippen LogP contribution in [0.2, 0.25) is 0 Å². The first-order valence-corrected chi connectivity index (χ1v) is 3.45. The molecule has 0 saturated carbocycles. The lowest BCUT2D eigenvalue weighted by Gasteiger charge is -2.19. The van der Waals surface area contributed by atoms with Crippen LogP contribution in [0.15, 0.2) is 0 Å². The fourth-order valence-electron chi connectivity index (χ4n) is 0.717. The van der Waals surface area contributed by atoms with Gasteiger partial charge in [0.25, 0.3) is 0 Å². The Morgan fingerprint density at radius 2 is 1.67 bits per heavy atom. The summed E-state index contributed by atoms with van der Waals surface area (Å²) >= 11 is 0. The SMILES string of the molecule is CC[C@@H](C)[C@@H](O)[C@@H](C)O. The number of hydrogen-bond acceptors (Lipinski definition) is 2. The summed E-state index contributed by atoms with van der Waals surface area (Å²) in [5.74, 6) is 0.199. The van der Waals surface area contributed by atoms with Crippen molar-refractivity contribution in [2.24, 2.45) is 5.92 Å². The van der Waals surface area contributed by atoms with Crippen molar-refractivity contribution in [3.05, 3.63) is 0 Å². The van der Waals surface area contributed by atoms with E-state index in [1.54, 1.807) is 6.92 Å². The Morgan fingerprint density at radius 1 is 1.22 bits per heavy atom. The Bertz CT molecular complexity index is 71.3. The molecule has 0 aliphatic rings. The zero-order valence-electron chi connectivity index (χ0n) is 6.33. The third-order valence-electron chi connectivity index (χ3n) is 1.72. The van der Waals surface area contributed by atoms with Crippen molar-refractivity contribution >= 4 is 0 Å². The summed E-state index contributed by atoms with van der Waals surface area (Å²) in [5, 5.41) is 18.0. The largest absolute Gasteiger partial charge is 0.391 e. The molecule has 0 aliphatic heterocycles. The summed E-state index contributed by atoms with van der Waals surface area (Å²) in [6, 6.07) is 0. The maximum atomic E-state index is 9.14. The summed E-state index contributed by atoms with van der Waals surface area (Å²) in [6.45, 7) is 5.53. The minimum Gasteiger partial charge on any atom is -0.391 e. The van der Waals surface area contributed by atoms with Crippen LogP contribution >= 0.6 is 0 Å². The van der Waals surface area contributed by atoms with Crippen LogP contribution in [0.3, 0.4) is 0 Å². The lowest BCUT2D eigenvalue weighted by atomic mass is 9.98. The predicted octanol–water partition coefficient (Wildman–Crippen LogP) is 0.774. The predicted molar refractivity (Wildman–Crippen MR) is 37.1 cm³/mol. The summed E-state index contributed by atoms with van der Waals surface area (Å²) in [7, 11) is 0. The van der Waals surface area contributed by atoms with E-state index in [0.29, 0.717) is 0 Å². The second-order valence-electron chi connectivity index (χ2n) is 2.62. The Morgan fingerprint density at radius 3 is 1.78 bits per heavy atom. The Balaban J connectivity index is 3.58. The number of hydrogen-bond donors (Lipinski definition) is 2. The molecule has 56 valence electrons. The van der Waals surface area contributed by atoms with Crippen LogP contribution < -0.4 is 0 Å². The molecule has 2 N–H and O–H groups in total. The monoisotopic (exact) mass is 132 g/mol. The molecule has 0 amide bonds. The van der Waals surface area contributed by atoms with Crippen molar-refractivity contribution in [1.82, 2.24) is 0 Å². The van der Waals surface area contributed by atoms with Crippen LogP contribution in [0.5, 0.6) is 0 Å². The van der Waals surface area contributed by atoms with E-state index in [2.05, 4.69) is 0 Å². The first-order chi connectivity index (χ1) is 4.09. The number of aliphatic hydroxyl groups excluding tert-OH is 2. The first kappa shape index (κ1) is 8.92. The highest BCUT2D eigenvalue weighted by Gasteiger charge is 2.16. The second kappa shape index (κ2) is 3.85. The van der Waals surface area contributed by atoms with E-state index < -0.39 is 12.2 Å². The summed E-state index contributed by atoms with van der Waals surface area (Å²) in [5.41, 5.74) is 0. The van der Waals surface area contributed by atoms with Gasteiger partial charge in [-0.15, -0.1) is 0 Å². The van der Waals surface area contributed by atoms with Gasteiger partial charge in [0, 0.05) is 0 Å². The molecule has 0 unspecified atom stereocenters. The normalized spacial score (nSPS) is 21.0. The second-order valence-corrected chi connectivity index (χ2v) is 2.62. The third-order valence-corrected chi connectivity index (χ3v) is 1.72. The van der Waals surface area contributed by atoms with E-state index in [0.717, 1.165) is 6.42 Å². The quantitative estimate of drug-likeness (QED) is 0.595. The summed E-state index contributed by atoms with van der Waals surface area (Å²) in [4.78, 5) is 0. The van der Waals surface area contributed by atoms with Crippen LogP contribution in [0.1, 0.15) is 27.2 Å². The van der Waals surface area contributed by atoms with Crippen molar-refractivity contribution in [3.63, 3.8) is 0 Å². The molecular formula is C7H16O2. The molecule has 9 heavy (non-hydrogen) atoms. The molecule has 0 saturated heterocycles. The van der Waals surface area contributed by atoms with E-state index in [-0.39, 0.29) is 5.92 Å². The molecule has 2 heteroatoms. The fourth-order valence-corrected chi connectivity index (χ4v) is 0.717. The van der Waals surface area contributed by atoms with Gasteiger partial charge >= 0.3 is 0 Å². The van der Waals surface area contributed by atoms with Gasteiger partial charge in [-0.3, -0.25) is 0 Å². The van der Waals surface area contributed by atoms with Gasteiger partial charge in [0.2, 0.25) is 0 Å². The van der Waals surface area contributed by atoms with Crippen LogP contribution in [-0.2, 0) is 0 Å². The van der Waals surface area contributed by atoms with Crippen molar-refractivity contribution in [1.29, 1.82) is 0 Å². The van der Waals surface area contributed by atoms with Gasteiger partial charge in [-0.25, -0.2) is 0 Å². The standard InChI is InChI=1S/C7H16O2/c1-4-5(2)7(9)6(3)8/h5-9H,4H2,1-3H3/t5-,6-,7-/m1/s1. The van der Waals surface area contributed by atoms with Crippen molar-refractivity contribution in [2.45, 2.75) is 39.4 Å². The molecular weight excluding hydrogens is 116 g/mol. The zero-order chi connectivity index (χ0) is 7.44. The Labute approximate surface area is 56.5 Å². The van der Waals surface area contributed by atoms with E-state index in [9.17, 15) is 0 Å². The Hall–Kier alpha value is -0.0800. The molecule has 0 spiro atoms. The fraction of sp³-hybridized carbons (Fsp3) is 1.00. The molecule has 0 bridgehead atoms. The molecule has 0 heterocycles. The maximum absolute atomic E-state index is 9.14. The van der Waals surface area contributed by atoms with Gasteiger partial charge in [-0.1, -0.05) is 20.3 Å². The molecule has 0 aliphatic carbocycles. The van der Waals surface area contributed by atoms with Crippen molar-refractivity contribution < 1.29 is 10.2 Å². The lowest BCUT2D eigenvalue weighted by molar-refractivity contribution is -0.00307. The smallest absolute Gasteiger partial charge is 0.0821 e. The van der Waals surface area contributed by atoms with Crippen LogP contribution in [0, 0.1) is 5.92 Å². The third kappa shape index (κ3) is 2.82. The van der Waals surface area contributed by atoms with E-state index >= 15 is 0 Å². The van der Waals surface area contributed by atoms with E-state index in [1.807, 2.05) is 13.8 Å².